The molecule has 0 spiro atoms. The number of amides is 1. The number of pyridine rings is 1. The van der Waals surface area contributed by atoms with Crippen molar-refractivity contribution in [2.75, 3.05) is 12.8 Å². The van der Waals surface area contributed by atoms with Gasteiger partial charge in [-0.15, -0.1) is 0 Å². The number of sulfone groups is 1. The Morgan fingerprint density at radius 1 is 1.29 bits per heavy atom. The molecule has 1 saturated carbocycles. The van der Waals surface area contributed by atoms with Gasteiger partial charge >= 0.3 is 12.8 Å². The van der Waals surface area contributed by atoms with Crippen LogP contribution >= 0.6 is 11.6 Å². The second-order valence-electron chi connectivity index (χ2n) is 10.9. The Labute approximate surface area is 239 Å². The van der Waals surface area contributed by atoms with E-state index in [0.717, 1.165) is 36.9 Å². The number of aromatic nitrogens is 3. The lowest BCUT2D eigenvalue weighted by Gasteiger charge is -2.35. The van der Waals surface area contributed by atoms with Crippen molar-refractivity contribution in [2.45, 2.75) is 82.9 Å². The van der Waals surface area contributed by atoms with Gasteiger partial charge in [-0.2, -0.15) is 22.0 Å². The smallest absolute Gasteiger partial charge is 0.394 e. The zero-order chi connectivity index (χ0) is 31.0. The summed E-state index contributed by atoms with van der Waals surface area (Å²) in [7, 11) is -3.26. The number of hydrogen-bond donors (Lipinski definition) is 2. The van der Waals surface area contributed by atoms with Crippen LogP contribution in [0.1, 0.15) is 68.3 Å². The average Bonchev–Trinajstić information content (AvgIpc) is 3.17. The van der Waals surface area contributed by atoms with E-state index in [1.807, 2.05) is 0 Å². The number of alkyl halides is 5. The zero-order valence-electron chi connectivity index (χ0n) is 22.9. The van der Waals surface area contributed by atoms with Crippen LogP contribution in [0.5, 0.6) is 5.75 Å². The number of aliphatic hydroxyl groups is 1. The molecule has 3 rings (SSSR count). The summed E-state index contributed by atoms with van der Waals surface area (Å²) in [6.45, 7) is 0.0299. The molecule has 0 aromatic carbocycles. The zero-order valence-corrected chi connectivity index (χ0v) is 24.4. The summed E-state index contributed by atoms with van der Waals surface area (Å²) in [6, 6.07) is 1.01. The normalized spacial score (nSPS) is 20.3. The van der Waals surface area contributed by atoms with Crippen molar-refractivity contribution in [1.29, 1.82) is 0 Å². The fourth-order valence-corrected chi connectivity index (χ4v) is 6.04. The highest BCUT2D eigenvalue weighted by Crippen LogP contribution is 2.41. The fraction of sp³-hybridized carbons (Fsp3) is 0.640. The number of ether oxygens (including phenoxy) is 1. The molecule has 41 heavy (non-hydrogen) atoms. The highest BCUT2D eigenvalue weighted by molar-refractivity contribution is 7.91. The number of aryl methyl sites for hydroxylation is 1. The van der Waals surface area contributed by atoms with Gasteiger partial charge in [0.05, 0.1) is 16.3 Å². The Kier molecular flexibility index (Phi) is 9.65. The molecule has 16 heteroatoms. The number of imidazole rings is 1. The summed E-state index contributed by atoms with van der Waals surface area (Å²) >= 11 is 6.46. The van der Waals surface area contributed by atoms with Gasteiger partial charge in [-0.25, -0.2) is 18.4 Å². The topological polar surface area (TPSA) is 123 Å². The van der Waals surface area contributed by atoms with Gasteiger partial charge in [0.1, 0.15) is 20.8 Å². The van der Waals surface area contributed by atoms with Crippen LogP contribution in [0, 0.1) is 5.41 Å². The standard InChI is InChI=1S/C25H32ClF5N4O5S/c1-5-17-34-18(21(36)33-13-24(37)8-6-15(7-9-24)41(4,38)39)19(26)35(17)20-16(40-22(27)28)10-14(12-32-20)11-23(2,3)25(29,30)31/h10,12,15,22,37H,5-9,11,13H2,1-4H3,(H,33,36)/t15-,24-. The van der Waals surface area contributed by atoms with E-state index in [4.69, 9.17) is 11.6 Å². The Morgan fingerprint density at radius 3 is 2.41 bits per heavy atom. The molecule has 2 N–H and O–H groups in total. The minimum absolute atomic E-state index is 0.0159. The first kappa shape index (κ1) is 33.0. The summed E-state index contributed by atoms with van der Waals surface area (Å²) in [5.41, 5.74) is -3.85. The quantitative estimate of drug-likeness (QED) is 0.366. The van der Waals surface area contributed by atoms with E-state index in [2.05, 4.69) is 20.0 Å². The van der Waals surface area contributed by atoms with Gasteiger partial charge in [0, 0.05) is 25.4 Å². The molecule has 230 valence electrons. The molecule has 1 amide bonds. The SMILES string of the molecule is CCc1nc(C(=O)NC[C@]2(O)CC[C@H](S(C)(=O)=O)CC2)c(Cl)n1-c1ncc(CC(C)(C)C(F)(F)F)cc1OC(F)F. The molecule has 9 nitrogen and oxygen atoms in total. The second kappa shape index (κ2) is 12.0. The number of halogens is 6. The van der Waals surface area contributed by atoms with E-state index in [0.29, 0.717) is 0 Å². The molecule has 1 fully saturated rings. The largest absolute Gasteiger partial charge is 0.431 e. The third-order valence-corrected chi connectivity index (χ3v) is 9.23. The maximum Gasteiger partial charge on any atom is 0.394 e. The first-order valence-electron chi connectivity index (χ1n) is 12.8. The van der Waals surface area contributed by atoms with Crippen molar-refractivity contribution >= 4 is 27.3 Å². The molecular formula is C25H32ClF5N4O5S. The van der Waals surface area contributed by atoms with Crippen molar-refractivity contribution in [3.05, 3.63) is 34.5 Å². The lowest BCUT2D eigenvalue weighted by Crippen LogP contribution is -2.47. The molecular weight excluding hydrogens is 599 g/mol. The highest BCUT2D eigenvalue weighted by Gasteiger charge is 2.47. The molecule has 0 bridgehead atoms. The molecule has 2 heterocycles. The summed E-state index contributed by atoms with van der Waals surface area (Å²) in [5, 5.41) is 12.5. The van der Waals surface area contributed by atoms with Gasteiger partial charge in [-0.1, -0.05) is 32.4 Å². The van der Waals surface area contributed by atoms with E-state index in [9.17, 15) is 40.3 Å². The lowest BCUT2D eigenvalue weighted by molar-refractivity contribution is -0.211. The molecule has 1 aliphatic carbocycles. The van der Waals surface area contributed by atoms with Crippen LogP contribution in [-0.4, -0.2) is 70.4 Å². The highest BCUT2D eigenvalue weighted by atomic mass is 35.5. The summed E-state index contributed by atoms with van der Waals surface area (Å²) in [5.74, 6) is -1.53. The molecule has 0 aliphatic heterocycles. The van der Waals surface area contributed by atoms with Crippen LogP contribution in [0.4, 0.5) is 22.0 Å². The lowest BCUT2D eigenvalue weighted by atomic mass is 9.84. The monoisotopic (exact) mass is 630 g/mol. The predicted molar refractivity (Wildman–Crippen MR) is 140 cm³/mol. The van der Waals surface area contributed by atoms with Crippen molar-refractivity contribution in [3.63, 3.8) is 0 Å². The van der Waals surface area contributed by atoms with Crippen molar-refractivity contribution in [3.8, 4) is 11.6 Å². The Hall–Kier alpha value is -2.52. The number of carbonyl (C=O) groups excluding carboxylic acids is 1. The van der Waals surface area contributed by atoms with E-state index < -0.39 is 57.0 Å². The van der Waals surface area contributed by atoms with Gasteiger partial charge in [0.15, 0.2) is 17.3 Å². The van der Waals surface area contributed by atoms with Crippen molar-refractivity contribution in [2.24, 2.45) is 5.41 Å². The van der Waals surface area contributed by atoms with Gasteiger partial charge in [0.25, 0.3) is 5.91 Å². The molecule has 1 aliphatic rings. The minimum atomic E-state index is -4.57. The van der Waals surface area contributed by atoms with Gasteiger partial charge in [-0.3, -0.25) is 9.36 Å². The average molecular weight is 631 g/mol. The number of nitrogens with one attached hydrogen (secondary N) is 1. The van der Waals surface area contributed by atoms with Crippen molar-refractivity contribution < 1.29 is 45.0 Å². The Balaban J connectivity index is 1.89. The molecule has 0 saturated heterocycles. The van der Waals surface area contributed by atoms with E-state index >= 15 is 0 Å². The number of hydrogen-bond acceptors (Lipinski definition) is 7. The third kappa shape index (κ3) is 7.66. The van der Waals surface area contributed by atoms with Crippen LogP contribution in [0.15, 0.2) is 12.3 Å². The number of carbonyl (C=O) groups is 1. The van der Waals surface area contributed by atoms with Crippen LogP contribution < -0.4 is 10.1 Å². The Bertz CT molecular complexity index is 1370. The van der Waals surface area contributed by atoms with Crippen LogP contribution in [0.25, 0.3) is 5.82 Å². The van der Waals surface area contributed by atoms with Crippen LogP contribution in [-0.2, 0) is 22.7 Å². The minimum Gasteiger partial charge on any atom is -0.431 e. The number of rotatable bonds is 10. The summed E-state index contributed by atoms with van der Waals surface area (Å²) < 4.78 is 96.0. The first-order chi connectivity index (χ1) is 18.8. The van der Waals surface area contributed by atoms with E-state index in [-0.39, 0.29) is 66.7 Å². The first-order valence-corrected chi connectivity index (χ1v) is 15.1. The predicted octanol–water partition coefficient (Wildman–Crippen LogP) is 4.66. The van der Waals surface area contributed by atoms with E-state index in [1.54, 1.807) is 6.92 Å². The van der Waals surface area contributed by atoms with E-state index in [1.165, 1.54) is 0 Å². The third-order valence-electron chi connectivity index (χ3n) is 7.20. The molecule has 0 radical (unpaired) electrons. The van der Waals surface area contributed by atoms with Crippen molar-refractivity contribution in [1.82, 2.24) is 19.9 Å². The number of nitrogens with zero attached hydrogens (tertiary/aromatic N) is 3. The fourth-order valence-electron chi connectivity index (χ4n) is 4.64. The van der Waals surface area contributed by atoms with Gasteiger partial charge in [0.2, 0.25) is 0 Å². The van der Waals surface area contributed by atoms with Crippen LogP contribution in [0.3, 0.4) is 0 Å². The maximum atomic E-state index is 13.4. The Morgan fingerprint density at radius 2 is 1.90 bits per heavy atom. The van der Waals surface area contributed by atoms with Crippen LogP contribution in [0.2, 0.25) is 5.15 Å². The molecule has 0 unspecified atom stereocenters. The second-order valence-corrected chi connectivity index (χ2v) is 13.6. The molecule has 2 aromatic rings. The maximum absolute atomic E-state index is 13.4. The summed E-state index contributed by atoms with van der Waals surface area (Å²) in [6.07, 6.45) is -2.01. The summed E-state index contributed by atoms with van der Waals surface area (Å²) in [4.78, 5) is 21.3. The molecule has 2 aromatic heterocycles. The van der Waals surface area contributed by atoms with Gasteiger partial charge < -0.3 is 15.2 Å². The molecule has 0 atom stereocenters. The van der Waals surface area contributed by atoms with Gasteiger partial charge in [-0.05, 0) is 43.7 Å².